The van der Waals surface area contributed by atoms with Crippen LogP contribution in [-0.2, 0) is 9.84 Å². The van der Waals surface area contributed by atoms with Crippen molar-refractivity contribution in [1.29, 1.82) is 0 Å². The molecule has 2 rings (SSSR count). The largest absolute Gasteiger partial charge is 0.224 e. The Morgan fingerprint density at radius 2 is 1.70 bits per heavy atom. The maximum Gasteiger partial charge on any atom is 0.181 e. The molecule has 20 heavy (non-hydrogen) atoms. The normalized spacial score (nSPS) is 19.5. The Morgan fingerprint density at radius 1 is 1.10 bits per heavy atom. The summed E-state index contributed by atoms with van der Waals surface area (Å²) in [7, 11) is -3.58. The lowest BCUT2D eigenvalue weighted by atomic mass is 9.85. The lowest BCUT2D eigenvalue weighted by Crippen LogP contribution is -2.32. The van der Waals surface area contributed by atoms with Gasteiger partial charge in [0.1, 0.15) is 10.7 Å². The van der Waals surface area contributed by atoms with Crippen molar-refractivity contribution in [3.8, 4) is 0 Å². The Kier molecular flexibility index (Phi) is 5.24. The first-order chi connectivity index (χ1) is 9.49. The first-order valence-electron chi connectivity index (χ1n) is 7.02. The quantitative estimate of drug-likeness (QED) is 0.589. The van der Waals surface area contributed by atoms with Gasteiger partial charge in [-0.05, 0) is 30.4 Å². The highest BCUT2D eigenvalue weighted by Gasteiger charge is 2.36. The van der Waals surface area contributed by atoms with Crippen LogP contribution in [0.3, 0.4) is 0 Å². The molecule has 0 radical (unpaired) electrons. The van der Waals surface area contributed by atoms with Gasteiger partial charge in [0, 0.05) is 5.33 Å². The Hall–Kier alpha value is -0.420. The highest BCUT2D eigenvalue weighted by atomic mass is 79.9. The Morgan fingerprint density at radius 3 is 2.25 bits per heavy atom. The lowest BCUT2D eigenvalue weighted by Gasteiger charge is -2.30. The number of alkyl halides is 1. The molecule has 0 heterocycles. The molecule has 0 aromatic heterocycles. The van der Waals surface area contributed by atoms with E-state index in [4.69, 9.17) is 0 Å². The lowest BCUT2D eigenvalue weighted by molar-refractivity contribution is 0.327. The first-order valence-corrected chi connectivity index (χ1v) is 9.80. The van der Waals surface area contributed by atoms with Gasteiger partial charge in [0.15, 0.2) is 9.84 Å². The van der Waals surface area contributed by atoms with E-state index in [1.165, 1.54) is 18.2 Å². The fourth-order valence-corrected chi connectivity index (χ4v) is 6.00. The van der Waals surface area contributed by atoms with E-state index in [0.717, 1.165) is 38.5 Å². The second-order valence-corrected chi connectivity index (χ2v) is 8.26. The van der Waals surface area contributed by atoms with Crippen LogP contribution in [0.4, 0.5) is 4.39 Å². The number of rotatable bonds is 4. The summed E-state index contributed by atoms with van der Waals surface area (Å²) >= 11 is 3.49. The van der Waals surface area contributed by atoms with E-state index in [2.05, 4.69) is 15.9 Å². The molecule has 0 unspecified atom stereocenters. The molecule has 1 fully saturated rings. The Labute approximate surface area is 128 Å². The van der Waals surface area contributed by atoms with Crippen molar-refractivity contribution in [3.63, 3.8) is 0 Å². The van der Waals surface area contributed by atoms with E-state index in [0.29, 0.717) is 5.33 Å². The molecule has 0 amide bonds. The fraction of sp³-hybridized carbons (Fsp3) is 0.600. The topological polar surface area (TPSA) is 34.1 Å². The summed E-state index contributed by atoms with van der Waals surface area (Å²) in [6.07, 6.45) is 6.22. The maximum atomic E-state index is 13.8. The molecule has 0 saturated heterocycles. The summed E-state index contributed by atoms with van der Waals surface area (Å²) in [6, 6.07) is 5.66. The zero-order valence-corrected chi connectivity index (χ0v) is 13.8. The third kappa shape index (κ3) is 3.61. The average molecular weight is 363 g/mol. The van der Waals surface area contributed by atoms with Gasteiger partial charge in [-0.15, -0.1) is 0 Å². The Bertz CT molecular complexity index is 549. The molecule has 1 aromatic rings. The van der Waals surface area contributed by atoms with Gasteiger partial charge in [0.25, 0.3) is 0 Å². The van der Waals surface area contributed by atoms with Crippen LogP contribution < -0.4 is 0 Å². The summed E-state index contributed by atoms with van der Waals surface area (Å²) in [4.78, 5) is -0.162. The number of hydrogen-bond acceptors (Lipinski definition) is 2. The van der Waals surface area contributed by atoms with Crippen molar-refractivity contribution in [3.05, 3.63) is 30.1 Å². The Balaban J connectivity index is 2.28. The smallest absolute Gasteiger partial charge is 0.181 e. The van der Waals surface area contributed by atoms with Crippen LogP contribution in [0.1, 0.15) is 38.5 Å². The summed E-state index contributed by atoms with van der Waals surface area (Å²) in [5.41, 5.74) is -0.252. The molecule has 0 atom stereocenters. The predicted octanol–water partition coefficient (Wildman–Crippen LogP) is 4.33. The van der Waals surface area contributed by atoms with E-state index in [1.54, 1.807) is 6.07 Å². The van der Waals surface area contributed by atoms with Crippen molar-refractivity contribution in [1.82, 2.24) is 0 Å². The van der Waals surface area contributed by atoms with Crippen LogP contribution in [0.15, 0.2) is 29.2 Å². The second kappa shape index (κ2) is 6.56. The van der Waals surface area contributed by atoms with Crippen molar-refractivity contribution in [2.24, 2.45) is 5.41 Å². The van der Waals surface area contributed by atoms with E-state index < -0.39 is 15.7 Å². The molecule has 0 aliphatic heterocycles. The van der Waals surface area contributed by atoms with Crippen molar-refractivity contribution < 1.29 is 12.8 Å². The molecular formula is C15H20BrFO2S. The van der Waals surface area contributed by atoms with Gasteiger partial charge in [-0.3, -0.25) is 0 Å². The van der Waals surface area contributed by atoms with E-state index in [9.17, 15) is 12.8 Å². The van der Waals surface area contributed by atoms with Gasteiger partial charge in [-0.25, -0.2) is 12.8 Å². The summed E-state index contributed by atoms with van der Waals surface area (Å²) < 4.78 is 38.8. The second-order valence-electron chi connectivity index (χ2n) is 5.74. The summed E-state index contributed by atoms with van der Waals surface area (Å²) in [5.74, 6) is -0.613. The zero-order valence-electron chi connectivity index (χ0n) is 11.4. The molecular weight excluding hydrogens is 343 g/mol. The fourth-order valence-electron chi connectivity index (χ4n) is 2.97. The zero-order chi connectivity index (χ0) is 14.6. The average Bonchev–Trinajstić information content (AvgIpc) is 2.64. The predicted molar refractivity (Wildman–Crippen MR) is 82.4 cm³/mol. The van der Waals surface area contributed by atoms with E-state index in [-0.39, 0.29) is 16.1 Å². The molecule has 0 bridgehead atoms. The summed E-state index contributed by atoms with van der Waals surface area (Å²) in [6.45, 7) is 0. The van der Waals surface area contributed by atoms with Gasteiger partial charge < -0.3 is 0 Å². The number of hydrogen-bond donors (Lipinski definition) is 0. The third-order valence-corrected chi connectivity index (χ3v) is 7.30. The first kappa shape index (κ1) is 16.0. The van der Waals surface area contributed by atoms with Gasteiger partial charge in [-0.2, -0.15) is 0 Å². The van der Waals surface area contributed by atoms with Gasteiger partial charge in [0.2, 0.25) is 0 Å². The third-order valence-electron chi connectivity index (χ3n) is 4.12. The SMILES string of the molecule is O=S(=O)(CC1(CBr)CCCCCC1)c1ccccc1F. The van der Waals surface area contributed by atoms with Gasteiger partial charge in [-0.1, -0.05) is 53.7 Å². The van der Waals surface area contributed by atoms with Crippen molar-refractivity contribution >= 4 is 25.8 Å². The number of sulfone groups is 1. The van der Waals surface area contributed by atoms with Crippen molar-refractivity contribution in [2.75, 3.05) is 11.1 Å². The minimum Gasteiger partial charge on any atom is -0.224 e. The van der Waals surface area contributed by atoms with Crippen LogP contribution in [0.25, 0.3) is 0 Å². The van der Waals surface area contributed by atoms with Crippen LogP contribution in [-0.4, -0.2) is 19.5 Å². The highest BCUT2D eigenvalue weighted by Crippen LogP contribution is 2.39. The van der Waals surface area contributed by atoms with Crippen molar-refractivity contribution in [2.45, 2.75) is 43.4 Å². The van der Waals surface area contributed by atoms with Crippen LogP contribution >= 0.6 is 15.9 Å². The monoisotopic (exact) mass is 362 g/mol. The van der Waals surface area contributed by atoms with Crippen LogP contribution in [0.2, 0.25) is 0 Å². The van der Waals surface area contributed by atoms with E-state index >= 15 is 0 Å². The van der Waals surface area contributed by atoms with E-state index in [1.807, 2.05) is 0 Å². The molecule has 1 saturated carbocycles. The van der Waals surface area contributed by atoms with Gasteiger partial charge >= 0.3 is 0 Å². The van der Waals surface area contributed by atoms with Crippen LogP contribution in [0, 0.1) is 11.2 Å². The molecule has 1 aliphatic rings. The number of benzene rings is 1. The molecule has 112 valence electrons. The molecule has 0 spiro atoms. The maximum absolute atomic E-state index is 13.8. The number of halogens is 2. The van der Waals surface area contributed by atoms with Crippen LogP contribution in [0.5, 0.6) is 0 Å². The standard InChI is InChI=1S/C15H20BrFO2S/c16-11-15(9-5-1-2-6-10-15)12-20(18,19)14-8-4-3-7-13(14)17/h3-4,7-8H,1-2,5-6,9-12H2. The molecule has 1 aliphatic carbocycles. The molecule has 2 nitrogen and oxygen atoms in total. The molecule has 1 aromatic carbocycles. The van der Waals surface area contributed by atoms with Gasteiger partial charge in [0.05, 0.1) is 5.75 Å². The molecule has 5 heteroatoms. The molecule has 0 N–H and O–H groups in total. The summed E-state index contributed by atoms with van der Waals surface area (Å²) in [5, 5.41) is 0.660. The minimum absolute atomic E-state index is 0.0339. The minimum atomic E-state index is -3.58. The highest BCUT2D eigenvalue weighted by molar-refractivity contribution is 9.09.